The number of methoxy groups -OCH3 is 1. The fourth-order valence-corrected chi connectivity index (χ4v) is 3.48. The monoisotopic (exact) mass is 395 g/mol. The van der Waals surface area contributed by atoms with Crippen molar-refractivity contribution in [2.24, 2.45) is 0 Å². The Bertz CT molecular complexity index is 1160. The summed E-state index contributed by atoms with van der Waals surface area (Å²) in [6.07, 6.45) is 0. The molecule has 0 atom stereocenters. The first kappa shape index (κ1) is 18.9. The first-order valence-electron chi connectivity index (χ1n) is 9.34. The Kier molecular flexibility index (Phi) is 5.18. The van der Waals surface area contributed by atoms with E-state index < -0.39 is 11.2 Å². The smallest absolute Gasteiger partial charge is 0.336 e. The Balaban J connectivity index is 1.85. The molecule has 0 aliphatic carbocycles. The van der Waals surface area contributed by atoms with Gasteiger partial charge in [0, 0.05) is 13.1 Å². The molecule has 1 saturated heterocycles. The average molecular weight is 395 g/mol. The third-order valence-electron chi connectivity index (χ3n) is 5.04. The van der Waals surface area contributed by atoms with Gasteiger partial charge >= 0.3 is 5.69 Å². The zero-order chi connectivity index (χ0) is 20.4. The van der Waals surface area contributed by atoms with Crippen LogP contribution in [0.1, 0.15) is 0 Å². The minimum absolute atomic E-state index is 0.143. The van der Waals surface area contributed by atoms with Crippen LogP contribution in [0, 0.1) is 0 Å². The molecule has 1 aliphatic rings. The maximum atomic E-state index is 13.3. The van der Waals surface area contributed by atoms with Crippen LogP contribution in [0.2, 0.25) is 0 Å². The minimum atomic E-state index is -0.555. The lowest BCUT2D eigenvalue weighted by Gasteiger charge is -2.27. The van der Waals surface area contributed by atoms with E-state index in [1.54, 1.807) is 60.5 Å². The van der Waals surface area contributed by atoms with Gasteiger partial charge in [0.15, 0.2) is 0 Å². The summed E-state index contributed by atoms with van der Waals surface area (Å²) in [4.78, 5) is 40.8. The van der Waals surface area contributed by atoms with E-state index in [2.05, 4.69) is 0 Å². The van der Waals surface area contributed by atoms with Gasteiger partial charge in [-0.15, -0.1) is 0 Å². The molecule has 0 bridgehead atoms. The number of aromatic nitrogens is 2. The van der Waals surface area contributed by atoms with Crippen molar-refractivity contribution in [2.75, 3.05) is 33.4 Å². The summed E-state index contributed by atoms with van der Waals surface area (Å²) < 4.78 is 12.9. The number of amides is 1. The van der Waals surface area contributed by atoms with E-state index in [-0.39, 0.29) is 12.5 Å². The predicted molar refractivity (Wildman–Crippen MR) is 108 cm³/mol. The summed E-state index contributed by atoms with van der Waals surface area (Å²) in [5.74, 6) is 0.436. The largest absolute Gasteiger partial charge is 0.497 e. The topological polar surface area (TPSA) is 82.8 Å². The molecule has 3 aromatic rings. The normalized spacial score (nSPS) is 14.2. The van der Waals surface area contributed by atoms with Gasteiger partial charge in [0.1, 0.15) is 12.3 Å². The quantitative estimate of drug-likeness (QED) is 0.659. The maximum absolute atomic E-state index is 13.3. The highest BCUT2D eigenvalue weighted by Crippen LogP contribution is 2.14. The fraction of sp³-hybridized carbons (Fsp3) is 0.286. The molecule has 29 heavy (non-hydrogen) atoms. The average Bonchev–Trinajstić information content (AvgIpc) is 2.77. The Morgan fingerprint density at radius 1 is 1.03 bits per heavy atom. The van der Waals surface area contributed by atoms with E-state index in [4.69, 9.17) is 9.47 Å². The number of carbonyl (C=O) groups excluding carboxylic acids is 1. The van der Waals surface area contributed by atoms with Crippen molar-refractivity contribution in [1.29, 1.82) is 0 Å². The number of morpholine rings is 1. The third kappa shape index (κ3) is 3.54. The lowest BCUT2D eigenvalue weighted by atomic mass is 10.2. The highest BCUT2D eigenvalue weighted by molar-refractivity contribution is 5.82. The number of rotatable bonds is 4. The molecule has 4 rings (SSSR count). The van der Waals surface area contributed by atoms with Crippen molar-refractivity contribution in [3.05, 3.63) is 69.4 Å². The molecule has 1 aromatic heterocycles. The number of hydrogen-bond acceptors (Lipinski definition) is 5. The van der Waals surface area contributed by atoms with E-state index >= 15 is 0 Å². The van der Waals surface area contributed by atoms with Gasteiger partial charge < -0.3 is 14.4 Å². The summed E-state index contributed by atoms with van der Waals surface area (Å²) in [6.45, 7) is 1.79. The van der Waals surface area contributed by atoms with Gasteiger partial charge in [-0.1, -0.05) is 12.1 Å². The van der Waals surface area contributed by atoms with E-state index in [0.29, 0.717) is 48.6 Å². The Hall–Kier alpha value is -3.39. The molecule has 2 aromatic carbocycles. The number of benzene rings is 2. The summed E-state index contributed by atoms with van der Waals surface area (Å²) in [5.41, 5.74) is -0.126. The summed E-state index contributed by atoms with van der Waals surface area (Å²) in [7, 11) is 1.54. The van der Waals surface area contributed by atoms with E-state index in [0.717, 1.165) is 4.57 Å². The molecule has 0 spiro atoms. The van der Waals surface area contributed by atoms with E-state index in [1.165, 1.54) is 4.57 Å². The van der Waals surface area contributed by atoms with Crippen molar-refractivity contribution in [3.63, 3.8) is 0 Å². The highest BCUT2D eigenvalue weighted by Gasteiger charge is 2.21. The third-order valence-corrected chi connectivity index (χ3v) is 5.04. The number of fused-ring (bicyclic) bond motifs is 1. The van der Waals surface area contributed by atoms with Crippen LogP contribution in [0.5, 0.6) is 5.75 Å². The first-order valence-corrected chi connectivity index (χ1v) is 9.34. The summed E-state index contributed by atoms with van der Waals surface area (Å²) in [5, 5.41) is 0.373. The maximum Gasteiger partial charge on any atom is 0.336 e. The molecule has 8 nitrogen and oxygen atoms in total. The van der Waals surface area contributed by atoms with Gasteiger partial charge in [-0.05, 0) is 36.4 Å². The molecule has 0 unspecified atom stereocenters. The predicted octanol–water partition coefficient (Wildman–Crippen LogP) is 1.02. The number of ether oxygens (including phenoxy) is 2. The van der Waals surface area contributed by atoms with Crippen LogP contribution in [0.4, 0.5) is 0 Å². The summed E-state index contributed by atoms with van der Waals surface area (Å²) >= 11 is 0. The molecule has 0 N–H and O–H groups in total. The molecule has 1 amide bonds. The Morgan fingerprint density at radius 2 is 1.72 bits per heavy atom. The van der Waals surface area contributed by atoms with Gasteiger partial charge in [-0.2, -0.15) is 0 Å². The van der Waals surface area contributed by atoms with Crippen molar-refractivity contribution in [2.45, 2.75) is 6.54 Å². The Morgan fingerprint density at radius 3 is 2.41 bits per heavy atom. The summed E-state index contributed by atoms with van der Waals surface area (Å²) in [6, 6.07) is 13.5. The number of carbonyl (C=O) groups is 1. The minimum Gasteiger partial charge on any atom is -0.497 e. The van der Waals surface area contributed by atoms with Crippen LogP contribution < -0.4 is 16.0 Å². The standard InChI is InChI=1S/C21H21N3O5/c1-28-16-8-6-15(7-9-16)24-20(26)17-4-2-3-5-18(17)23(21(24)27)14-19(25)22-10-12-29-13-11-22/h2-9H,10-14H2,1H3. The van der Waals surface area contributed by atoms with Gasteiger partial charge in [-0.3, -0.25) is 14.2 Å². The molecule has 0 saturated carbocycles. The fourth-order valence-electron chi connectivity index (χ4n) is 3.48. The second kappa shape index (κ2) is 7.92. The van der Waals surface area contributed by atoms with Crippen molar-refractivity contribution >= 4 is 16.8 Å². The van der Waals surface area contributed by atoms with Crippen LogP contribution in [0.3, 0.4) is 0 Å². The zero-order valence-electron chi connectivity index (χ0n) is 16.0. The van der Waals surface area contributed by atoms with Crippen molar-refractivity contribution in [1.82, 2.24) is 14.0 Å². The highest BCUT2D eigenvalue weighted by atomic mass is 16.5. The first-order chi connectivity index (χ1) is 14.1. The van der Waals surface area contributed by atoms with Crippen molar-refractivity contribution in [3.8, 4) is 11.4 Å². The molecule has 0 radical (unpaired) electrons. The second-order valence-corrected chi connectivity index (χ2v) is 6.72. The molecule has 2 heterocycles. The van der Waals surface area contributed by atoms with Gasteiger partial charge in [-0.25, -0.2) is 9.36 Å². The molecular formula is C21H21N3O5. The number of nitrogens with zero attached hydrogens (tertiary/aromatic N) is 3. The second-order valence-electron chi connectivity index (χ2n) is 6.72. The van der Waals surface area contributed by atoms with Gasteiger partial charge in [0.05, 0.1) is 36.9 Å². The number of para-hydroxylation sites is 1. The van der Waals surface area contributed by atoms with Crippen LogP contribution in [0.25, 0.3) is 16.6 Å². The van der Waals surface area contributed by atoms with Gasteiger partial charge in [0.25, 0.3) is 5.56 Å². The lowest BCUT2D eigenvalue weighted by molar-refractivity contribution is -0.135. The molecule has 150 valence electrons. The molecule has 8 heteroatoms. The number of hydrogen-bond donors (Lipinski definition) is 0. The van der Waals surface area contributed by atoms with Crippen LogP contribution in [-0.4, -0.2) is 53.4 Å². The van der Waals surface area contributed by atoms with Crippen LogP contribution in [-0.2, 0) is 16.1 Å². The Labute approximate surface area is 166 Å². The molecule has 1 fully saturated rings. The SMILES string of the molecule is COc1ccc(-n2c(=O)c3ccccc3n(CC(=O)N3CCOCC3)c2=O)cc1. The van der Waals surface area contributed by atoms with Crippen molar-refractivity contribution < 1.29 is 14.3 Å². The van der Waals surface area contributed by atoms with E-state index in [9.17, 15) is 14.4 Å². The molecule has 1 aliphatic heterocycles. The van der Waals surface area contributed by atoms with E-state index in [1.807, 2.05) is 0 Å². The van der Waals surface area contributed by atoms with Crippen LogP contribution in [0.15, 0.2) is 58.1 Å². The van der Waals surface area contributed by atoms with Crippen LogP contribution >= 0.6 is 0 Å². The lowest BCUT2D eigenvalue weighted by Crippen LogP contribution is -2.45. The zero-order valence-corrected chi connectivity index (χ0v) is 16.0. The van der Waals surface area contributed by atoms with Gasteiger partial charge in [0.2, 0.25) is 5.91 Å². The molecular weight excluding hydrogens is 374 g/mol.